The van der Waals surface area contributed by atoms with Crippen molar-refractivity contribution in [2.45, 2.75) is 25.7 Å². The van der Waals surface area contributed by atoms with E-state index in [1.807, 2.05) is 24.3 Å². The molecule has 150 valence electrons. The first-order valence-electron chi connectivity index (χ1n) is 9.09. The van der Waals surface area contributed by atoms with Gasteiger partial charge in [0.25, 0.3) is 5.56 Å². The lowest BCUT2D eigenvalue weighted by molar-refractivity contribution is 0.0602. The SMILES string of the molecule is COC(=O)c1cccc2cc(CCCCc3c(C(=O)O)[nH]c(=O)[nH]c3=O)ccc12. The molecule has 0 amide bonds. The van der Waals surface area contributed by atoms with Crippen LogP contribution in [0.15, 0.2) is 46.0 Å². The number of carbonyl (C=O) groups is 2. The Hall–Kier alpha value is -3.68. The number of fused-ring (bicyclic) bond motifs is 1. The average molecular weight is 396 g/mol. The van der Waals surface area contributed by atoms with Gasteiger partial charge in [-0.1, -0.05) is 30.3 Å². The van der Waals surface area contributed by atoms with Crippen molar-refractivity contribution < 1.29 is 19.4 Å². The summed E-state index contributed by atoms with van der Waals surface area (Å²) in [6.45, 7) is 0. The fourth-order valence-corrected chi connectivity index (χ4v) is 3.34. The number of aromatic amines is 2. The largest absolute Gasteiger partial charge is 0.477 e. The van der Waals surface area contributed by atoms with Crippen LogP contribution >= 0.6 is 0 Å². The molecule has 8 nitrogen and oxygen atoms in total. The van der Waals surface area contributed by atoms with Gasteiger partial charge in [-0.15, -0.1) is 0 Å². The Morgan fingerprint density at radius 3 is 2.52 bits per heavy atom. The van der Waals surface area contributed by atoms with E-state index in [-0.39, 0.29) is 23.6 Å². The van der Waals surface area contributed by atoms with Crippen LogP contribution in [-0.4, -0.2) is 34.1 Å². The molecule has 0 spiro atoms. The van der Waals surface area contributed by atoms with Crippen molar-refractivity contribution >= 4 is 22.7 Å². The molecule has 2 aromatic carbocycles. The first-order chi connectivity index (χ1) is 13.9. The Balaban J connectivity index is 1.70. The van der Waals surface area contributed by atoms with Crippen LogP contribution in [-0.2, 0) is 17.6 Å². The zero-order valence-corrected chi connectivity index (χ0v) is 15.8. The second-order valence-corrected chi connectivity index (χ2v) is 6.63. The molecule has 0 unspecified atom stereocenters. The van der Waals surface area contributed by atoms with Crippen molar-refractivity contribution in [3.8, 4) is 0 Å². The Morgan fingerprint density at radius 1 is 1.03 bits per heavy atom. The van der Waals surface area contributed by atoms with Gasteiger partial charge in [-0.05, 0) is 48.1 Å². The normalized spacial score (nSPS) is 10.8. The maximum absolute atomic E-state index is 11.9. The van der Waals surface area contributed by atoms with Crippen molar-refractivity contribution in [1.29, 1.82) is 0 Å². The lowest BCUT2D eigenvalue weighted by Gasteiger charge is -2.08. The summed E-state index contributed by atoms with van der Waals surface area (Å²) in [5, 5.41) is 10.9. The number of ether oxygens (including phenoxy) is 1. The maximum Gasteiger partial charge on any atom is 0.352 e. The van der Waals surface area contributed by atoms with Gasteiger partial charge in [-0.2, -0.15) is 0 Å². The van der Waals surface area contributed by atoms with Gasteiger partial charge in [-0.25, -0.2) is 14.4 Å². The number of nitrogens with one attached hydrogen (secondary N) is 2. The quantitative estimate of drug-likeness (QED) is 0.415. The number of carboxylic acids is 1. The van der Waals surface area contributed by atoms with Gasteiger partial charge >= 0.3 is 17.6 Å². The highest BCUT2D eigenvalue weighted by Crippen LogP contribution is 2.22. The monoisotopic (exact) mass is 396 g/mol. The number of carboxylic acid groups (broad SMARTS) is 1. The van der Waals surface area contributed by atoms with Gasteiger partial charge < -0.3 is 14.8 Å². The minimum Gasteiger partial charge on any atom is -0.477 e. The molecule has 0 aliphatic rings. The molecule has 0 saturated carbocycles. The fraction of sp³-hybridized carbons (Fsp3) is 0.238. The molecule has 0 aliphatic carbocycles. The molecule has 8 heteroatoms. The van der Waals surface area contributed by atoms with Crippen molar-refractivity contribution in [3.05, 3.63) is 79.6 Å². The molecular formula is C21H20N2O6. The second-order valence-electron chi connectivity index (χ2n) is 6.63. The molecule has 3 aromatic rings. The molecule has 3 rings (SSSR count). The van der Waals surface area contributed by atoms with Crippen molar-refractivity contribution in [2.24, 2.45) is 0 Å². The Morgan fingerprint density at radius 2 is 1.79 bits per heavy atom. The zero-order chi connectivity index (χ0) is 21.0. The summed E-state index contributed by atoms with van der Waals surface area (Å²) >= 11 is 0. The number of methoxy groups -OCH3 is 1. The first kappa shape index (κ1) is 20.1. The highest BCUT2D eigenvalue weighted by Gasteiger charge is 2.15. The third-order valence-electron chi connectivity index (χ3n) is 4.75. The van der Waals surface area contributed by atoms with Crippen LogP contribution in [0.5, 0.6) is 0 Å². The van der Waals surface area contributed by atoms with E-state index in [9.17, 15) is 24.3 Å². The lowest BCUT2D eigenvalue weighted by atomic mass is 9.98. The molecule has 0 radical (unpaired) electrons. The molecule has 0 saturated heterocycles. The molecule has 29 heavy (non-hydrogen) atoms. The Kier molecular flexibility index (Phi) is 5.92. The second kappa shape index (κ2) is 8.55. The smallest absolute Gasteiger partial charge is 0.352 e. The molecule has 0 bridgehead atoms. The lowest BCUT2D eigenvalue weighted by Crippen LogP contribution is -2.30. The number of aromatic nitrogens is 2. The number of unbranched alkanes of at least 4 members (excludes halogenated alkanes) is 1. The minimum absolute atomic E-state index is 0.0679. The van der Waals surface area contributed by atoms with E-state index >= 15 is 0 Å². The summed E-state index contributed by atoms with van der Waals surface area (Å²) in [4.78, 5) is 50.5. The van der Waals surface area contributed by atoms with Crippen LogP contribution in [0.2, 0.25) is 0 Å². The van der Waals surface area contributed by atoms with Crippen LogP contribution in [0.3, 0.4) is 0 Å². The number of H-pyrrole nitrogens is 2. The average Bonchev–Trinajstić information content (AvgIpc) is 2.70. The maximum atomic E-state index is 11.9. The van der Waals surface area contributed by atoms with E-state index in [2.05, 4.69) is 9.97 Å². The van der Waals surface area contributed by atoms with Crippen LogP contribution in [0.4, 0.5) is 0 Å². The molecule has 0 aliphatic heterocycles. The molecule has 1 aromatic heterocycles. The predicted molar refractivity (Wildman–Crippen MR) is 107 cm³/mol. The highest BCUT2D eigenvalue weighted by atomic mass is 16.5. The highest BCUT2D eigenvalue weighted by molar-refractivity contribution is 6.04. The summed E-state index contributed by atoms with van der Waals surface area (Å²) in [7, 11) is 1.35. The van der Waals surface area contributed by atoms with Gasteiger partial charge in [0.15, 0.2) is 0 Å². The van der Waals surface area contributed by atoms with Crippen molar-refractivity contribution in [3.63, 3.8) is 0 Å². The first-order valence-corrected chi connectivity index (χ1v) is 9.09. The van der Waals surface area contributed by atoms with E-state index < -0.39 is 17.2 Å². The van der Waals surface area contributed by atoms with Crippen molar-refractivity contribution in [1.82, 2.24) is 9.97 Å². The van der Waals surface area contributed by atoms with Gasteiger partial charge in [0.05, 0.1) is 12.7 Å². The molecule has 0 fully saturated rings. The topological polar surface area (TPSA) is 129 Å². The van der Waals surface area contributed by atoms with Crippen LogP contribution in [0, 0.1) is 0 Å². The summed E-state index contributed by atoms with van der Waals surface area (Å²) < 4.78 is 4.81. The van der Waals surface area contributed by atoms with E-state index in [0.29, 0.717) is 12.0 Å². The number of aryl methyl sites for hydroxylation is 1. The van der Waals surface area contributed by atoms with Crippen LogP contribution in [0.25, 0.3) is 10.8 Å². The number of hydrogen-bond acceptors (Lipinski definition) is 5. The molecular weight excluding hydrogens is 376 g/mol. The van der Waals surface area contributed by atoms with E-state index in [4.69, 9.17) is 4.74 Å². The summed E-state index contributed by atoms with van der Waals surface area (Å²) in [5.41, 5.74) is -0.229. The fourth-order valence-electron chi connectivity index (χ4n) is 3.34. The third kappa shape index (κ3) is 4.43. The molecule has 1 heterocycles. The van der Waals surface area contributed by atoms with Gasteiger partial charge in [0.1, 0.15) is 5.69 Å². The number of aromatic carboxylic acids is 1. The van der Waals surface area contributed by atoms with Crippen LogP contribution < -0.4 is 11.2 Å². The predicted octanol–water partition coefficient (Wildman–Crippen LogP) is 2.27. The molecule has 3 N–H and O–H groups in total. The number of rotatable bonds is 7. The van der Waals surface area contributed by atoms with Gasteiger partial charge in [-0.3, -0.25) is 9.78 Å². The number of esters is 1. The summed E-state index contributed by atoms with van der Waals surface area (Å²) in [5.74, 6) is -1.72. The standard InChI is InChI=1S/C21H20N2O6/c1-29-20(27)15-8-4-6-13-11-12(9-10-14(13)15)5-2-3-7-16-17(19(25)26)22-21(28)23-18(16)24/h4,6,8-11H,2-3,5,7H2,1H3,(H,25,26)(H2,22,23,24,28). The minimum atomic E-state index is -1.33. The van der Waals surface area contributed by atoms with E-state index in [1.54, 1.807) is 12.1 Å². The molecule has 0 atom stereocenters. The Labute approximate surface area is 165 Å². The number of benzene rings is 2. The Bertz CT molecular complexity index is 1190. The summed E-state index contributed by atoms with van der Waals surface area (Å²) in [6, 6.07) is 11.3. The third-order valence-corrected chi connectivity index (χ3v) is 4.75. The number of hydrogen-bond donors (Lipinski definition) is 3. The van der Waals surface area contributed by atoms with E-state index in [0.717, 1.165) is 29.2 Å². The number of carbonyl (C=O) groups excluding carboxylic acids is 1. The summed E-state index contributed by atoms with van der Waals surface area (Å²) in [6.07, 6.45) is 2.27. The zero-order valence-electron chi connectivity index (χ0n) is 15.8. The van der Waals surface area contributed by atoms with Crippen LogP contribution in [0.1, 0.15) is 44.8 Å². The van der Waals surface area contributed by atoms with Gasteiger partial charge in [0, 0.05) is 5.56 Å². The van der Waals surface area contributed by atoms with E-state index in [1.165, 1.54) is 7.11 Å². The van der Waals surface area contributed by atoms with Gasteiger partial charge in [0.2, 0.25) is 0 Å². The van der Waals surface area contributed by atoms with Crippen molar-refractivity contribution in [2.75, 3.05) is 7.11 Å².